The Labute approximate surface area is 182 Å². The quantitative estimate of drug-likeness (QED) is 0.728. The summed E-state index contributed by atoms with van der Waals surface area (Å²) in [6.45, 7) is 3.14. The number of nitrogens with one attached hydrogen (secondary N) is 1. The normalized spacial score (nSPS) is 20.4. The summed E-state index contributed by atoms with van der Waals surface area (Å²) in [5.41, 5.74) is 1.00. The van der Waals surface area contributed by atoms with Gasteiger partial charge in [0.2, 0.25) is 11.8 Å². The third-order valence-electron chi connectivity index (χ3n) is 5.93. The molecule has 2 aliphatic rings. The van der Waals surface area contributed by atoms with E-state index in [9.17, 15) is 9.59 Å². The first kappa shape index (κ1) is 21.2. The van der Waals surface area contributed by atoms with Gasteiger partial charge in [0.1, 0.15) is 6.10 Å². The van der Waals surface area contributed by atoms with E-state index in [1.807, 2.05) is 35.2 Å². The van der Waals surface area contributed by atoms with Crippen LogP contribution in [0.3, 0.4) is 0 Å². The van der Waals surface area contributed by atoms with E-state index in [4.69, 9.17) is 13.9 Å². The van der Waals surface area contributed by atoms with Crippen molar-refractivity contribution in [3.05, 3.63) is 48.4 Å². The van der Waals surface area contributed by atoms with Gasteiger partial charge in [-0.05, 0) is 18.2 Å². The average Bonchev–Trinajstić information content (AvgIpc) is 3.30. The molecule has 1 unspecified atom stereocenters. The minimum Gasteiger partial charge on any atom is -0.493 e. The van der Waals surface area contributed by atoms with E-state index in [1.54, 1.807) is 19.6 Å². The molecule has 4 rings (SSSR count). The third kappa shape index (κ3) is 5.19. The van der Waals surface area contributed by atoms with Crippen molar-refractivity contribution in [3.8, 4) is 11.5 Å². The monoisotopic (exact) mass is 427 g/mol. The number of hydrogen-bond donors (Lipinski definition) is 1. The number of carbonyl (C=O) groups excluding carboxylic acids is 2. The molecule has 0 spiro atoms. The van der Waals surface area contributed by atoms with E-state index in [0.717, 1.165) is 24.2 Å². The molecule has 0 aliphatic carbocycles. The van der Waals surface area contributed by atoms with Crippen LogP contribution in [0.5, 0.6) is 11.5 Å². The maximum Gasteiger partial charge on any atom is 0.237 e. The summed E-state index contributed by atoms with van der Waals surface area (Å²) in [5.74, 6) is 1.36. The first-order chi connectivity index (χ1) is 15.1. The largest absolute Gasteiger partial charge is 0.493 e. The zero-order valence-electron chi connectivity index (χ0n) is 17.8. The highest BCUT2D eigenvalue weighted by atomic mass is 16.5. The second-order valence-corrected chi connectivity index (χ2v) is 7.96. The van der Waals surface area contributed by atoms with Crippen molar-refractivity contribution in [3.63, 3.8) is 0 Å². The summed E-state index contributed by atoms with van der Waals surface area (Å²) in [6, 6.07) is 9.02. The molecular weight excluding hydrogens is 398 g/mol. The Kier molecular flexibility index (Phi) is 6.76. The number of rotatable bonds is 7. The molecule has 0 saturated carbocycles. The summed E-state index contributed by atoms with van der Waals surface area (Å²) < 4.78 is 16.6. The van der Waals surface area contributed by atoms with E-state index in [1.165, 1.54) is 0 Å². The first-order valence-electron chi connectivity index (χ1n) is 10.7. The minimum absolute atomic E-state index is 0.00925. The van der Waals surface area contributed by atoms with Gasteiger partial charge in [0.05, 0.1) is 32.1 Å². The Bertz CT molecular complexity index is 877. The van der Waals surface area contributed by atoms with E-state index in [2.05, 4.69) is 10.2 Å². The lowest BCUT2D eigenvalue weighted by molar-refractivity contribution is -0.140. The Morgan fingerprint density at radius 1 is 1.16 bits per heavy atom. The number of amides is 2. The van der Waals surface area contributed by atoms with Crippen molar-refractivity contribution in [1.82, 2.24) is 15.1 Å². The fourth-order valence-corrected chi connectivity index (χ4v) is 4.20. The number of carbonyl (C=O) groups is 2. The van der Waals surface area contributed by atoms with Crippen LogP contribution in [-0.2, 0) is 16.1 Å². The number of ether oxygens (including phenoxy) is 2. The maximum absolute atomic E-state index is 13.0. The van der Waals surface area contributed by atoms with Gasteiger partial charge in [0, 0.05) is 51.1 Å². The summed E-state index contributed by atoms with van der Waals surface area (Å²) in [7, 11) is 1.63. The van der Waals surface area contributed by atoms with E-state index in [-0.39, 0.29) is 24.3 Å². The molecule has 3 heterocycles. The molecule has 2 amide bonds. The van der Waals surface area contributed by atoms with Gasteiger partial charge >= 0.3 is 0 Å². The summed E-state index contributed by atoms with van der Waals surface area (Å²) >= 11 is 0. The predicted octanol–water partition coefficient (Wildman–Crippen LogP) is 2.05. The molecular formula is C23H29N3O5. The Morgan fingerprint density at radius 2 is 1.94 bits per heavy atom. The fraction of sp³-hybridized carbons (Fsp3) is 0.478. The van der Waals surface area contributed by atoms with Crippen LogP contribution in [0.4, 0.5) is 0 Å². The highest BCUT2D eigenvalue weighted by Crippen LogP contribution is 2.29. The van der Waals surface area contributed by atoms with E-state index in [0.29, 0.717) is 38.5 Å². The van der Waals surface area contributed by atoms with Crippen LogP contribution >= 0.6 is 0 Å². The summed E-state index contributed by atoms with van der Waals surface area (Å²) in [6.07, 6.45) is 5.02. The van der Waals surface area contributed by atoms with Gasteiger partial charge in [-0.15, -0.1) is 0 Å². The molecule has 2 fully saturated rings. The van der Waals surface area contributed by atoms with Crippen LogP contribution in [0, 0.1) is 0 Å². The lowest BCUT2D eigenvalue weighted by atomic mass is 10.0. The van der Waals surface area contributed by atoms with Gasteiger partial charge in [-0.1, -0.05) is 12.1 Å². The molecule has 2 aliphatic heterocycles. The van der Waals surface area contributed by atoms with Crippen molar-refractivity contribution >= 4 is 11.8 Å². The highest BCUT2D eigenvalue weighted by molar-refractivity contribution is 5.88. The topological polar surface area (TPSA) is 84.2 Å². The Morgan fingerprint density at radius 3 is 2.65 bits per heavy atom. The number of piperazine rings is 1. The van der Waals surface area contributed by atoms with Gasteiger partial charge in [-0.3, -0.25) is 14.5 Å². The van der Waals surface area contributed by atoms with Crippen molar-refractivity contribution in [2.24, 2.45) is 0 Å². The third-order valence-corrected chi connectivity index (χ3v) is 5.93. The highest BCUT2D eigenvalue weighted by Gasteiger charge is 2.34. The maximum atomic E-state index is 13.0. The smallest absolute Gasteiger partial charge is 0.237 e. The number of piperidine rings is 1. The van der Waals surface area contributed by atoms with E-state index < -0.39 is 6.04 Å². The molecule has 1 aromatic heterocycles. The van der Waals surface area contributed by atoms with Gasteiger partial charge in [0.15, 0.2) is 11.5 Å². The van der Waals surface area contributed by atoms with Gasteiger partial charge in [-0.25, -0.2) is 0 Å². The molecule has 2 aromatic rings. The zero-order chi connectivity index (χ0) is 21.6. The number of nitrogens with zero attached hydrogens (tertiary/aromatic N) is 2. The lowest BCUT2D eigenvalue weighted by Gasteiger charge is -2.37. The number of likely N-dealkylation sites (tertiary alicyclic amines) is 1. The van der Waals surface area contributed by atoms with Crippen LogP contribution in [0.15, 0.2) is 47.3 Å². The molecule has 0 radical (unpaired) electrons. The van der Waals surface area contributed by atoms with Crippen molar-refractivity contribution in [2.45, 2.75) is 38.0 Å². The molecule has 2 saturated heterocycles. The second-order valence-electron chi connectivity index (χ2n) is 7.96. The standard InChI is InChI=1S/C23H29N3O5/c1-29-20-4-2-3-5-21(20)31-18-6-10-25(11-7-18)22(27)14-19-23(28)24-9-12-26(19)15-17-8-13-30-16-17/h2-5,8,13,16,18-19H,6-7,9-12,14-15H2,1H3,(H,24,28). The SMILES string of the molecule is COc1ccccc1OC1CCN(C(=O)CC2C(=O)NCCN2Cc2ccoc2)CC1. The predicted molar refractivity (Wildman–Crippen MR) is 114 cm³/mol. The molecule has 0 bridgehead atoms. The van der Waals surface area contributed by atoms with E-state index >= 15 is 0 Å². The molecule has 31 heavy (non-hydrogen) atoms. The average molecular weight is 428 g/mol. The van der Waals surface area contributed by atoms with Gasteiger partial charge in [0.25, 0.3) is 0 Å². The molecule has 1 N–H and O–H groups in total. The Balaban J connectivity index is 1.31. The number of methoxy groups -OCH3 is 1. The van der Waals surface area contributed by atoms with Gasteiger partial charge < -0.3 is 24.1 Å². The number of furan rings is 1. The van der Waals surface area contributed by atoms with Crippen LogP contribution in [0.1, 0.15) is 24.8 Å². The molecule has 1 aromatic carbocycles. The number of hydrogen-bond acceptors (Lipinski definition) is 6. The fourth-order valence-electron chi connectivity index (χ4n) is 4.20. The van der Waals surface area contributed by atoms with Crippen LogP contribution in [0.25, 0.3) is 0 Å². The van der Waals surface area contributed by atoms with Crippen molar-refractivity contribution < 1.29 is 23.5 Å². The second kappa shape index (κ2) is 9.87. The minimum atomic E-state index is -0.460. The first-order valence-corrected chi connectivity index (χ1v) is 10.7. The number of benzene rings is 1. The summed E-state index contributed by atoms with van der Waals surface area (Å²) in [5, 5.41) is 2.89. The molecule has 166 valence electrons. The molecule has 8 nitrogen and oxygen atoms in total. The van der Waals surface area contributed by atoms with Crippen LogP contribution < -0.4 is 14.8 Å². The molecule has 1 atom stereocenters. The number of para-hydroxylation sites is 2. The van der Waals surface area contributed by atoms with Gasteiger partial charge in [-0.2, -0.15) is 0 Å². The zero-order valence-corrected chi connectivity index (χ0v) is 17.8. The van der Waals surface area contributed by atoms with Crippen molar-refractivity contribution in [1.29, 1.82) is 0 Å². The Hall–Kier alpha value is -3.00. The molecule has 8 heteroatoms. The van der Waals surface area contributed by atoms with Crippen LogP contribution in [0.2, 0.25) is 0 Å². The summed E-state index contributed by atoms with van der Waals surface area (Å²) in [4.78, 5) is 29.4. The van der Waals surface area contributed by atoms with Crippen molar-refractivity contribution in [2.75, 3.05) is 33.3 Å². The van der Waals surface area contributed by atoms with Crippen LogP contribution in [-0.4, -0.2) is 67.0 Å². The lowest BCUT2D eigenvalue weighted by Crippen LogP contribution is -2.56.